The Morgan fingerprint density at radius 2 is 1.72 bits per heavy atom. The zero-order chi connectivity index (χ0) is 18.2. The van der Waals surface area contributed by atoms with Gasteiger partial charge in [-0.2, -0.15) is 0 Å². The number of rotatable bonds is 8. The molecule has 1 N–H and O–H groups in total. The average molecular weight is 341 g/mol. The van der Waals surface area contributed by atoms with Gasteiger partial charge in [0.1, 0.15) is 11.5 Å². The van der Waals surface area contributed by atoms with Crippen molar-refractivity contribution in [2.45, 2.75) is 52.7 Å². The second-order valence-electron chi connectivity index (χ2n) is 6.20. The number of nitrogens with one attached hydrogen (secondary N) is 1. The van der Waals surface area contributed by atoms with Gasteiger partial charge in [-0.3, -0.25) is 4.79 Å². The monoisotopic (exact) mass is 341 g/mol. The zero-order valence-corrected chi connectivity index (χ0v) is 15.4. The maximum atomic E-state index is 12.5. The molecule has 0 saturated heterocycles. The summed E-state index contributed by atoms with van der Waals surface area (Å²) in [5, 5.41) is 2.91. The van der Waals surface area contributed by atoms with Gasteiger partial charge in [0, 0.05) is 11.8 Å². The van der Waals surface area contributed by atoms with Crippen LogP contribution in [-0.2, 0) is 11.2 Å². The highest BCUT2D eigenvalue weighted by molar-refractivity contribution is 5.94. The van der Waals surface area contributed by atoms with Crippen molar-refractivity contribution in [3.63, 3.8) is 0 Å². The Balaban J connectivity index is 2.01. The van der Waals surface area contributed by atoms with Crippen molar-refractivity contribution in [2.75, 3.05) is 5.32 Å². The van der Waals surface area contributed by atoms with Gasteiger partial charge in [-0.25, -0.2) is 0 Å². The summed E-state index contributed by atoms with van der Waals surface area (Å²) in [6.07, 6.45) is 1.11. The van der Waals surface area contributed by atoms with E-state index in [1.165, 1.54) is 5.56 Å². The van der Waals surface area contributed by atoms with Crippen LogP contribution in [0.3, 0.4) is 0 Å². The van der Waals surface area contributed by atoms with Crippen LogP contribution in [-0.4, -0.2) is 18.1 Å². The summed E-state index contributed by atoms with van der Waals surface area (Å²) in [4.78, 5) is 12.5. The Morgan fingerprint density at radius 3 is 2.32 bits per heavy atom. The second-order valence-corrected chi connectivity index (χ2v) is 6.20. The van der Waals surface area contributed by atoms with E-state index in [2.05, 4.69) is 12.2 Å². The van der Waals surface area contributed by atoms with E-state index in [1.54, 1.807) is 0 Å². The molecule has 2 aromatic rings. The molecule has 2 rings (SSSR count). The molecule has 0 bridgehead atoms. The van der Waals surface area contributed by atoms with Gasteiger partial charge in [0.2, 0.25) is 0 Å². The molecule has 4 heteroatoms. The van der Waals surface area contributed by atoms with E-state index in [0.29, 0.717) is 17.9 Å². The molecular formula is C21H27NO3. The second kappa shape index (κ2) is 9.11. The Bertz CT molecular complexity index is 680. The fourth-order valence-corrected chi connectivity index (χ4v) is 2.43. The maximum absolute atomic E-state index is 12.5. The van der Waals surface area contributed by atoms with E-state index in [4.69, 9.17) is 9.47 Å². The SMILES string of the molecule is CCc1ccc(OC(CC)C(=O)Nc2cccc(OC(C)C)c2)cc1. The van der Waals surface area contributed by atoms with Crippen molar-refractivity contribution in [2.24, 2.45) is 0 Å². The summed E-state index contributed by atoms with van der Waals surface area (Å²) < 4.78 is 11.5. The molecule has 1 atom stereocenters. The third-order valence-electron chi connectivity index (χ3n) is 3.75. The molecule has 134 valence electrons. The predicted octanol–water partition coefficient (Wildman–Crippen LogP) is 4.83. The first-order chi connectivity index (χ1) is 12.0. The van der Waals surface area contributed by atoms with E-state index < -0.39 is 6.10 Å². The fraction of sp³-hybridized carbons (Fsp3) is 0.381. The number of aryl methyl sites for hydroxylation is 1. The topological polar surface area (TPSA) is 47.6 Å². The molecule has 0 aliphatic heterocycles. The van der Waals surface area contributed by atoms with E-state index in [-0.39, 0.29) is 12.0 Å². The number of anilines is 1. The molecular weight excluding hydrogens is 314 g/mol. The molecule has 0 aliphatic carbocycles. The molecule has 0 spiro atoms. The van der Waals surface area contributed by atoms with Crippen molar-refractivity contribution in [1.82, 2.24) is 0 Å². The summed E-state index contributed by atoms with van der Waals surface area (Å²) in [5.41, 5.74) is 1.94. The van der Waals surface area contributed by atoms with Gasteiger partial charge in [0.25, 0.3) is 5.91 Å². The largest absolute Gasteiger partial charge is 0.491 e. The number of benzene rings is 2. The van der Waals surface area contributed by atoms with Crippen molar-refractivity contribution in [3.8, 4) is 11.5 Å². The number of ether oxygens (including phenoxy) is 2. The fourth-order valence-electron chi connectivity index (χ4n) is 2.43. The van der Waals surface area contributed by atoms with Crippen LogP contribution in [0.25, 0.3) is 0 Å². The van der Waals surface area contributed by atoms with Crippen LogP contribution in [0.4, 0.5) is 5.69 Å². The Kier molecular flexibility index (Phi) is 6.87. The molecule has 0 aliphatic rings. The van der Waals surface area contributed by atoms with Gasteiger partial charge < -0.3 is 14.8 Å². The van der Waals surface area contributed by atoms with Crippen LogP contribution >= 0.6 is 0 Å². The summed E-state index contributed by atoms with van der Waals surface area (Å²) >= 11 is 0. The van der Waals surface area contributed by atoms with Crippen LogP contribution in [0.1, 0.15) is 39.7 Å². The molecule has 0 fully saturated rings. The minimum atomic E-state index is -0.540. The Labute approximate surface area is 150 Å². The normalized spacial score (nSPS) is 11.9. The van der Waals surface area contributed by atoms with E-state index in [0.717, 1.165) is 12.2 Å². The van der Waals surface area contributed by atoms with Crippen LogP contribution in [0, 0.1) is 0 Å². The highest BCUT2D eigenvalue weighted by Crippen LogP contribution is 2.20. The molecule has 4 nitrogen and oxygen atoms in total. The summed E-state index contributed by atoms with van der Waals surface area (Å²) in [5.74, 6) is 1.27. The minimum Gasteiger partial charge on any atom is -0.491 e. The third-order valence-corrected chi connectivity index (χ3v) is 3.75. The molecule has 0 radical (unpaired) electrons. The first-order valence-electron chi connectivity index (χ1n) is 8.85. The Morgan fingerprint density at radius 1 is 1.00 bits per heavy atom. The molecule has 1 unspecified atom stereocenters. The summed E-state index contributed by atoms with van der Waals surface area (Å²) in [6.45, 7) is 7.98. The minimum absolute atomic E-state index is 0.0868. The molecule has 1 amide bonds. The lowest BCUT2D eigenvalue weighted by atomic mass is 10.1. The van der Waals surface area contributed by atoms with Gasteiger partial charge in [-0.15, -0.1) is 0 Å². The summed E-state index contributed by atoms with van der Waals surface area (Å²) in [7, 11) is 0. The molecule has 25 heavy (non-hydrogen) atoms. The van der Waals surface area contributed by atoms with Crippen LogP contribution in [0.5, 0.6) is 11.5 Å². The first kappa shape index (κ1) is 18.8. The van der Waals surface area contributed by atoms with Gasteiger partial charge >= 0.3 is 0 Å². The van der Waals surface area contributed by atoms with Crippen molar-refractivity contribution in [1.29, 1.82) is 0 Å². The average Bonchev–Trinajstić information content (AvgIpc) is 2.59. The number of carbonyl (C=O) groups excluding carboxylic acids is 1. The van der Waals surface area contributed by atoms with Gasteiger partial charge in [-0.1, -0.05) is 32.0 Å². The van der Waals surface area contributed by atoms with Crippen LogP contribution in [0.15, 0.2) is 48.5 Å². The van der Waals surface area contributed by atoms with E-state index >= 15 is 0 Å². The molecule has 2 aromatic carbocycles. The molecule has 0 aromatic heterocycles. The standard InChI is InChI=1S/C21H27NO3/c1-5-16-10-12-18(13-11-16)25-20(6-2)21(23)22-17-8-7-9-19(14-17)24-15(3)4/h7-15,20H,5-6H2,1-4H3,(H,22,23). The lowest BCUT2D eigenvalue weighted by Crippen LogP contribution is -2.32. The van der Waals surface area contributed by atoms with Gasteiger partial charge in [0.05, 0.1) is 6.10 Å². The van der Waals surface area contributed by atoms with E-state index in [1.807, 2.05) is 69.3 Å². The first-order valence-corrected chi connectivity index (χ1v) is 8.85. The third kappa shape index (κ3) is 5.82. The lowest BCUT2D eigenvalue weighted by Gasteiger charge is -2.18. The predicted molar refractivity (Wildman–Crippen MR) is 101 cm³/mol. The quantitative estimate of drug-likeness (QED) is 0.748. The lowest BCUT2D eigenvalue weighted by molar-refractivity contribution is -0.122. The van der Waals surface area contributed by atoms with Crippen LogP contribution < -0.4 is 14.8 Å². The van der Waals surface area contributed by atoms with Crippen molar-refractivity contribution in [3.05, 3.63) is 54.1 Å². The molecule has 0 saturated carbocycles. The van der Waals surface area contributed by atoms with E-state index in [9.17, 15) is 4.79 Å². The highest BCUT2D eigenvalue weighted by Gasteiger charge is 2.18. The maximum Gasteiger partial charge on any atom is 0.265 e. The number of amides is 1. The van der Waals surface area contributed by atoms with Crippen LogP contribution in [0.2, 0.25) is 0 Å². The number of hydrogen-bond donors (Lipinski definition) is 1. The van der Waals surface area contributed by atoms with Gasteiger partial charge in [0.15, 0.2) is 6.10 Å². The number of carbonyl (C=O) groups is 1. The zero-order valence-electron chi connectivity index (χ0n) is 15.4. The molecule has 0 heterocycles. The Hall–Kier alpha value is -2.49. The highest BCUT2D eigenvalue weighted by atomic mass is 16.5. The van der Waals surface area contributed by atoms with Gasteiger partial charge in [-0.05, 0) is 56.5 Å². The summed E-state index contributed by atoms with van der Waals surface area (Å²) in [6, 6.07) is 15.3. The van der Waals surface area contributed by atoms with Crippen molar-refractivity contribution < 1.29 is 14.3 Å². The van der Waals surface area contributed by atoms with Crippen molar-refractivity contribution >= 4 is 11.6 Å². The smallest absolute Gasteiger partial charge is 0.265 e. The number of hydrogen-bond acceptors (Lipinski definition) is 3.